The molecule has 0 saturated heterocycles. The van der Waals surface area contributed by atoms with Crippen LogP contribution in [0.5, 0.6) is 11.8 Å². The Balaban J connectivity index is 2.13. The molecule has 0 aliphatic heterocycles. The summed E-state index contributed by atoms with van der Waals surface area (Å²) in [6, 6.07) is 7.55. The van der Waals surface area contributed by atoms with Gasteiger partial charge < -0.3 is 9.30 Å². The summed E-state index contributed by atoms with van der Waals surface area (Å²) in [6.07, 6.45) is 2.08. The molecule has 31 heavy (non-hydrogen) atoms. The van der Waals surface area contributed by atoms with Crippen LogP contribution in [0.2, 0.25) is 0 Å². The van der Waals surface area contributed by atoms with Crippen LogP contribution in [0.4, 0.5) is 4.39 Å². The molecule has 0 radical (unpaired) electrons. The fourth-order valence-electron chi connectivity index (χ4n) is 3.20. The largest absolute Gasteiger partial charge is 0.421 e. The molecule has 0 amide bonds. The van der Waals surface area contributed by atoms with Crippen LogP contribution in [-0.2, 0) is 22.6 Å². The van der Waals surface area contributed by atoms with Crippen LogP contribution in [0.1, 0.15) is 30.2 Å². The van der Waals surface area contributed by atoms with Gasteiger partial charge >= 0.3 is 6.01 Å². The number of hydrogen-bond donors (Lipinski definition) is 0. The van der Waals surface area contributed by atoms with Crippen molar-refractivity contribution in [2.24, 2.45) is 7.05 Å². The first-order valence-electron chi connectivity index (χ1n) is 9.78. The van der Waals surface area contributed by atoms with Gasteiger partial charge in [-0.2, -0.15) is 9.97 Å². The summed E-state index contributed by atoms with van der Waals surface area (Å²) in [6.45, 7) is 5.15. The van der Waals surface area contributed by atoms with Gasteiger partial charge in [0.1, 0.15) is 0 Å². The summed E-state index contributed by atoms with van der Waals surface area (Å²) in [4.78, 5) is 20.6. The zero-order chi connectivity index (χ0) is 22.8. The second kappa shape index (κ2) is 8.97. The standard InChI is InChI=1S/C22H24FN3O4S/c1-5-9-31(28,29)13-17-11-19(16-10-15(3)21(27)26(4)12-16)25-22(24-17)30-20-14(2)7-6-8-18(20)23/h6-8,10-12H,5,9,13H2,1-4H3. The zero-order valence-electron chi connectivity index (χ0n) is 17.8. The van der Waals surface area contributed by atoms with Crippen molar-refractivity contribution in [2.45, 2.75) is 32.9 Å². The fourth-order valence-corrected chi connectivity index (χ4v) is 4.57. The molecule has 3 aromatic rings. The van der Waals surface area contributed by atoms with Gasteiger partial charge in [0.25, 0.3) is 5.56 Å². The Morgan fingerprint density at radius 3 is 2.52 bits per heavy atom. The number of aromatic nitrogens is 3. The number of sulfone groups is 1. The van der Waals surface area contributed by atoms with Crippen molar-refractivity contribution in [1.82, 2.24) is 14.5 Å². The number of pyridine rings is 1. The summed E-state index contributed by atoms with van der Waals surface area (Å²) in [7, 11) is -1.77. The highest BCUT2D eigenvalue weighted by molar-refractivity contribution is 7.90. The molecule has 0 spiro atoms. The van der Waals surface area contributed by atoms with Gasteiger partial charge in [-0.3, -0.25) is 4.79 Å². The SMILES string of the molecule is CCCS(=O)(=O)Cc1cc(-c2cc(C)c(=O)n(C)c2)nc(Oc2c(C)cccc2F)n1. The second-order valence-corrected chi connectivity index (χ2v) is 9.62. The Bertz CT molecular complexity index is 1240. The first-order chi connectivity index (χ1) is 14.6. The fraction of sp³-hybridized carbons (Fsp3) is 0.318. The van der Waals surface area contributed by atoms with Gasteiger partial charge in [0.15, 0.2) is 21.4 Å². The van der Waals surface area contributed by atoms with E-state index in [9.17, 15) is 17.6 Å². The van der Waals surface area contributed by atoms with E-state index in [2.05, 4.69) is 9.97 Å². The number of hydrogen-bond acceptors (Lipinski definition) is 6. The summed E-state index contributed by atoms with van der Waals surface area (Å²) in [5, 5.41) is 0. The molecule has 3 rings (SSSR count). The predicted octanol–water partition coefficient (Wildman–Crippen LogP) is 3.72. The van der Waals surface area contributed by atoms with E-state index in [1.807, 2.05) is 0 Å². The summed E-state index contributed by atoms with van der Waals surface area (Å²) >= 11 is 0. The number of nitrogens with zero attached hydrogens (tertiary/aromatic N) is 3. The quantitative estimate of drug-likeness (QED) is 0.551. The molecule has 2 aromatic heterocycles. The molecule has 0 unspecified atom stereocenters. The van der Waals surface area contributed by atoms with E-state index in [0.717, 1.165) is 0 Å². The minimum Gasteiger partial charge on any atom is -0.421 e. The highest BCUT2D eigenvalue weighted by Crippen LogP contribution is 2.28. The Kier molecular flexibility index (Phi) is 6.54. The third kappa shape index (κ3) is 5.35. The zero-order valence-corrected chi connectivity index (χ0v) is 18.7. The Morgan fingerprint density at radius 2 is 1.87 bits per heavy atom. The normalized spacial score (nSPS) is 11.5. The molecule has 2 heterocycles. The maximum atomic E-state index is 14.3. The van der Waals surface area contributed by atoms with Crippen molar-refractivity contribution >= 4 is 9.84 Å². The summed E-state index contributed by atoms with van der Waals surface area (Å²) < 4.78 is 46.1. The summed E-state index contributed by atoms with van der Waals surface area (Å²) in [5.41, 5.74) is 2.10. The molecule has 164 valence electrons. The molecule has 0 fully saturated rings. The lowest BCUT2D eigenvalue weighted by Gasteiger charge is -2.12. The molecule has 0 bridgehead atoms. The van der Waals surface area contributed by atoms with Gasteiger partial charge in [-0.15, -0.1) is 0 Å². The van der Waals surface area contributed by atoms with Crippen molar-refractivity contribution in [1.29, 1.82) is 0 Å². The van der Waals surface area contributed by atoms with Crippen molar-refractivity contribution < 1.29 is 17.5 Å². The predicted molar refractivity (Wildman–Crippen MR) is 116 cm³/mol. The van der Waals surface area contributed by atoms with E-state index in [0.29, 0.717) is 28.8 Å². The van der Waals surface area contributed by atoms with Gasteiger partial charge in [-0.1, -0.05) is 19.1 Å². The highest BCUT2D eigenvalue weighted by Gasteiger charge is 2.18. The van der Waals surface area contributed by atoms with Crippen LogP contribution >= 0.6 is 0 Å². The van der Waals surface area contributed by atoms with Crippen LogP contribution in [0.25, 0.3) is 11.3 Å². The second-order valence-electron chi connectivity index (χ2n) is 7.43. The topological polar surface area (TPSA) is 91.2 Å². The van der Waals surface area contributed by atoms with E-state index >= 15 is 0 Å². The molecule has 0 atom stereocenters. The van der Waals surface area contributed by atoms with Gasteiger partial charge in [0, 0.05) is 24.4 Å². The highest BCUT2D eigenvalue weighted by atomic mass is 32.2. The van der Waals surface area contributed by atoms with Crippen LogP contribution in [-0.4, -0.2) is 28.7 Å². The van der Waals surface area contributed by atoms with Crippen LogP contribution < -0.4 is 10.3 Å². The van der Waals surface area contributed by atoms with Crippen molar-refractivity contribution in [3.05, 3.63) is 69.5 Å². The van der Waals surface area contributed by atoms with Gasteiger partial charge in [0.05, 0.1) is 22.9 Å². The number of rotatable bonds is 7. The Hall–Kier alpha value is -3.07. The molecule has 1 aromatic carbocycles. The first kappa shape index (κ1) is 22.6. The maximum absolute atomic E-state index is 14.3. The number of benzene rings is 1. The lowest BCUT2D eigenvalue weighted by Crippen LogP contribution is -2.18. The average molecular weight is 446 g/mol. The lowest BCUT2D eigenvalue weighted by atomic mass is 10.1. The number of halogens is 1. The molecule has 9 heteroatoms. The molecule has 0 aliphatic carbocycles. The van der Waals surface area contributed by atoms with Crippen molar-refractivity contribution in [3.63, 3.8) is 0 Å². The number of para-hydroxylation sites is 1. The van der Waals surface area contributed by atoms with Gasteiger partial charge in [-0.25, -0.2) is 12.8 Å². The lowest BCUT2D eigenvalue weighted by molar-refractivity contribution is 0.407. The number of aryl methyl sites for hydroxylation is 3. The minimum absolute atomic E-state index is 0.0217. The van der Waals surface area contributed by atoms with E-state index in [1.54, 1.807) is 58.3 Å². The Labute approximate surface area is 180 Å². The smallest absolute Gasteiger partial charge is 0.322 e. The molecule has 0 N–H and O–H groups in total. The molecule has 7 nitrogen and oxygen atoms in total. The molecule has 0 aliphatic rings. The number of ether oxygens (including phenoxy) is 1. The van der Waals surface area contributed by atoms with Crippen molar-refractivity contribution in [3.8, 4) is 23.0 Å². The van der Waals surface area contributed by atoms with E-state index < -0.39 is 15.7 Å². The monoisotopic (exact) mass is 445 g/mol. The Morgan fingerprint density at radius 1 is 1.13 bits per heavy atom. The minimum atomic E-state index is -3.39. The molecular formula is C22H24FN3O4S. The van der Waals surface area contributed by atoms with E-state index in [4.69, 9.17) is 4.74 Å². The summed E-state index contributed by atoms with van der Waals surface area (Å²) in [5.74, 6) is -0.882. The molecule has 0 saturated carbocycles. The van der Waals surface area contributed by atoms with Gasteiger partial charge in [-0.05, 0) is 44.0 Å². The average Bonchev–Trinajstić information content (AvgIpc) is 2.68. The van der Waals surface area contributed by atoms with E-state index in [-0.39, 0.29) is 34.5 Å². The van der Waals surface area contributed by atoms with Crippen molar-refractivity contribution in [2.75, 3.05) is 5.75 Å². The van der Waals surface area contributed by atoms with E-state index in [1.165, 1.54) is 10.6 Å². The van der Waals surface area contributed by atoms with Gasteiger partial charge in [0.2, 0.25) is 0 Å². The first-order valence-corrected chi connectivity index (χ1v) is 11.6. The van der Waals surface area contributed by atoms with Crippen LogP contribution in [0, 0.1) is 19.7 Å². The third-order valence-corrected chi connectivity index (χ3v) is 6.42. The maximum Gasteiger partial charge on any atom is 0.322 e. The van der Waals surface area contributed by atoms with Crippen LogP contribution in [0.3, 0.4) is 0 Å². The molecular weight excluding hydrogens is 421 g/mol. The third-order valence-electron chi connectivity index (χ3n) is 4.66. The van der Waals surface area contributed by atoms with Crippen LogP contribution in [0.15, 0.2) is 41.3 Å².